The van der Waals surface area contributed by atoms with Gasteiger partial charge in [-0.1, -0.05) is 23.7 Å². The first-order valence-corrected chi connectivity index (χ1v) is 6.37. The van der Waals surface area contributed by atoms with Gasteiger partial charge in [0.1, 0.15) is 17.1 Å². The molecule has 0 spiro atoms. The Kier molecular flexibility index (Phi) is 4.23. The molecular weight excluding hydrogens is 256 g/mol. The van der Waals surface area contributed by atoms with E-state index in [1.807, 2.05) is 24.3 Å². The second kappa shape index (κ2) is 5.89. The molecule has 1 heterocycles. The van der Waals surface area contributed by atoms with Gasteiger partial charge in [0.2, 0.25) is 0 Å². The highest BCUT2D eigenvalue weighted by atomic mass is 35.5. The number of ether oxygens (including phenoxy) is 1. The van der Waals surface area contributed by atoms with E-state index >= 15 is 0 Å². The molecule has 0 saturated heterocycles. The van der Waals surface area contributed by atoms with Gasteiger partial charge in [-0.2, -0.15) is 0 Å². The van der Waals surface area contributed by atoms with Gasteiger partial charge >= 0.3 is 0 Å². The number of nitrogens with zero attached hydrogens (tertiary/aromatic N) is 2. The van der Waals surface area contributed by atoms with Crippen molar-refractivity contribution in [3.8, 4) is 5.75 Å². The van der Waals surface area contributed by atoms with E-state index in [0.717, 1.165) is 16.5 Å². The predicted octanol–water partition coefficient (Wildman–Crippen LogP) is 3.43. The molecule has 2 rings (SSSR count). The largest absolute Gasteiger partial charge is 0.497 e. The Hall–Kier alpha value is -1.26. The SMILES string of the molecule is COc1cccc(CSc2ncncc2Cl)c1. The summed E-state index contributed by atoms with van der Waals surface area (Å²) in [4.78, 5) is 7.98. The third-order valence-corrected chi connectivity index (χ3v) is 3.61. The molecule has 0 saturated carbocycles. The molecule has 0 aliphatic rings. The van der Waals surface area contributed by atoms with Crippen molar-refractivity contribution in [3.63, 3.8) is 0 Å². The lowest BCUT2D eigenvalue weighted by atomic mass is 10.2. The molecule has 0 unspecified atom stereocenters. The molecule has 2 aromatic rings. The Balaban J connectivity index is 2.05. The first-order chi connectivity index (χ1) is 8.29. The topological polar surface area (TPSA) is 35.0 Å². The van der Waals surface area contributed by atoms with Crippen LogP contribution in [0.15, 0.2) is 41.8 Å². The van der Waals surface area contributed by atoms with Crippen molar-refractivity contribution < 1.29 is 4.74 Å². The normalized spacial score (nSPS) is 10.2. The van der Waals surface area contributed by atoms with Crippen LogP contribution in [0.3, 0.4) is 0 Å². The van der Waals surface area contributed by atoms with Crippen LogP contribution >= 0.6 is 23.4 Å². The van der Waals surface area contributed by atoms with Crippen molar-refractivity contribution in [1.29, 1.82) is 0 Å². The van der Waals surface area contributed by atoms with Crippen molar-refractivity contribution in [2.45, 2.75) is 10.8 Å². The Morgan fingerprint density at radius 3 is 3.06 bits per heavy atom. The van der Waals surface area contributed by atoms with Crippen LogP contribution < -0.4 is 4.74 Å². The summed E-state index contributed by atoms with van der Waals surface area (Å²) >= 11 is 7.56. The van der Waals surface area contributed by atoms with Gasteiger partial charge in [-0.3, -0.25) is 0 Å². The Morgan fingerprint density at radius 2 is 2.29 bits per heavy atom. The third kappa shape index (κ3) is 3.35. The Bertz CT molecular complexity index is 507. The zero-order valence-electron chi connectivity index (χ0n) is 9.26. The molecule has 0 atom stereocenters. The van der Waals surface area contributed by atoms with E-state index in [1.54, 1.807) is 25.1 Å². The monoisotopic (exact) mass is 266 g/mol. The fourth-order valence-corrected chi connectivity index (χ4v) is 2.39. The number of halogens is 1. The van der Waals surface area contributed by atoms with E-state index in [-0.39, 0.29) is 0 Å². The van der Waals surface area contributed by atoms with E-state index in [2.05, 4.69) is 9.97 Å². The third-order valence-electron chi connectivity index (χ3n) is 2.14. The van der Waals surface area contributed by atoms with E-state index in [9.17, 15) is 0 Å². The van der Waals surface area contributed by atoms with E-state index in [1.165, 1.54) is 11.9 Å². The molecule has 0 aliphatic carbocycles. The lowest BCUT2D eigenvalue weighted by Gasteiger charge is -2.04. The lowest BCUT2D eigenvalue weighted by molar-refractivity contribution is 0.414. The highest BCUT2D eigenvalue weighted by Gasteiger charge is 2.03. The molecular formula is C12H11ClN2OS. The molecule has 1 aromatic carbocycles. The van der Waals surface area contributed by atoms with Crippen LogP contribution in [-0.4, -0.2) is 17.1 Å². The molecule has 0 radical (unpaired) electrons. The van der Waals surface area contributed by atoms with Crippen LogP contribution in [0.1, 0.15) is 5.56 Å². The lowest BCUT2D eigenvalue weighted by Crippen LogP contribution is -1.87. The zero-order chi connectivity index (χ0) is 12.1. The molecule has 5 heteroatoms. The van der Waals surface area contributed by atoms with Crippen molar-refractivity contribution in [1.82, 2.24) is 9.97 Å². The van der Waals surface area contributed by atoms with Crippen LogP contribution in [0.25, 0.3) is 0 Å². The van der Waals surface area contributed by atoms with Gasteiger partial charge in [-0.05, 0) is 17.7 Å². The molecule has 17 heavy (non-hydrogen) atoms. The van der Waals surface area contributed by atoms with Crippen molar-refractivity contribution in [2.75, 3.05) is 7.11 Å². The molecule has 0 bridgehead atoms. The van der Waals surface area contributed by atoms with Gasteiger partial charge in [0.25, 0.3) is 0 Å². The number of rotatable bonds is 4. The summed E-state index contributed by atoms with van der Waals surface area (Å²) in [6.45, 7) is 0. The van der Waals surface area contributed by atoms with Gasteiger partial charge in [0.05, 0.1) is 18.3 Å². The van der Waals surface area contributed by atoms with Crippen molar-refractivity contribution in [3.05, 3.63) is 47.4 Å². The minimum Gasteiger partial charge on any atom is -0.497 e. The quantitative estimate of drug-likeness (QED) is 0.627. The summed E-state index contributed by atoms with van der Waals surface area (Å²) in [6, 6.07) is 7.94. The summed E-state index contributed by atoms with van der Waals surface area (Å²) < 4.78 is 5.17. The van der Waals surface area contributed by atoms with Gasteiger partial charge in [-0.15, -0.1) is 11.8 Å². The molecule has 88 valence electrons. The second-order valence-electron chi connectivity index (χ2n) is 3.32. The number of methoxy groups -OCH3 is 1. The van der Waals surface area contributed by atoms with Gasteiger partial charge in [0.15, 0.2) is 0 Å². The fourth-order valence-electron chi connectivity index (χ4n) is 1.32. The summed E-state index contributed by atoms with van der Waals surface area (Å²) in [5.74, 6) is 1.66. The number of thioether (sulfide) groups is 1. The molecule has 0 aliphatic heterocycles. The first kappa shape index (κ1) is 12.2. The minimum atomic E-state index is 0.584. The second-order valence-corrected chi connectivity index (χ2v) is 4.69. The number of benzene rings is 1. The zero-order valence-corrected chi connectivity index (χ0v) is 10.8. The molecule has 1 aromatic heterocycles. The van der Waals surface area contributed by atoms with Gasteiger partial charge < -0.3 is 4.74 Å². The van der Waals surface area contributed by atoms with E-state index in [4.69, 9.17) is 16.3 Å². The first-order valence-electron chi connectivity index (χ1n) is 5.01. The van der Waals surface area contributed by atoms with Gasteiger partial charge in [0, 0.05) is 5.75 Å². The van der Waals surface area contributed by atoms with Crippen LogP contribution in [0.5, 0.6) is 5.75 Å². The average molecular weight is 267 g/mol. The predicted molar refractivity (Wildman–Crippen MR) is 69.6 cm³/mol. The van der Waals surface area contributed by atoms with E-state index in [0.29, 0.717) is 5.02 Å². The van der Waals surface area contributed by atoms with Crippen LogP contribution in [0.2, 0.25) is 5.02 Å². The molecule has 3 nitrogen and oxygen atoms in total. The number of hydrogen-bond donors (Lipinski definition) is 0. The fraction of sp³-hybridized carbons (Fsp3) is 0.167. The van der Waals surface area contributed by atoms with Crippen LogP contribution in [-0.2, 0) is 5.75 Å². The molecule has 0 amide bonds. The van der Waals surface area contributed by atoms with Crippen LogP contribution in [0.4, 0.5) is 0 Å². The van der Waals surface area contributed by atoms with Gasteiger partial charge in [-0.25, -0.2) is 9.97 Å². The maximum absolute atomic E-state index is 5.98. The number of hydrogen-bond acceptors (Lipinski definition) is 4. The van der Waals surface area contributed by atoms with E-state index < -0.39 is 0 Å². The Labute approximate surface area is 109 Å². The summed E-state index contributed by atoms with van der Waals surface area (Å²) in [7, 11) is 1.66. The smallest absolute Gasteiger partial charge is 0.119 e. The van der Waals surface area contributed by atoms with Crippen molar-refractivity contribution in [2.24, 2.45) is 0 Å². The summed E-state index contributed by atoms with van der Waals surface area (Å²) in [6.07, 6.45) is 3.10. The van der Waals surface area contributed by atoms with Crippen LogP contribution in [0, 0.1) is 0 Å². The highest BCUT2D eigenvalue weighted by Crippen LogP contribution is 2.27. The highest BCUT2D eigenvalue weighted by molar-refractivity contribution is 7.98. The summed E-state index contributed by atoms with van der Waals surface area (Å²) in [5, 5.41) is 1.38. The molecule has 0 fully saturated rings. The summed E-state index contributed by atoms with van der Waals surface area (Å²) in [5.41, 5.74) is 1.17. The average Bonchev–Trinajstić information content (AvgIpc) is 2.38. The number of aromatic nitrogens is 2. The minimum absolute atomic E-state index is 0.584. The van der Waals surface area contributed by atoms with Crippen molar-refractivity contribution >= 4 is 23.4 Å². The standard InChI is InChI=1S/C12H11ClN2OS/c1-16-10-4-2-3-9(5-10)7-17-12-11(13)6-14-8-15-12/h2-6,8H,7H2,1H3. The Morgan fingerprint density at radius 1 is 1.41 bits per heavy atom. The maximum Gasteiger partial charge on any atom is 0.119 e. The maximum atomic E-state index is 5.98. The molecule has 0 N–H and O–H groups in total.